The van der Waals surface area contributed by atoms with E-state index in [9.17, 15) is 9.90 Å². The second-order valence-corrected chi connectivity index (χ2v) is 7.43. The molecule has 0 radical (unpaired) electrons. The van der Waals surface area contributed by atoms with E-state index < -0.39 is 11.7 Å². The molecule has 1 aliphatic carbocycles. The van der Waals surface area contributed by atoms with Crippen molar-refractivity contribution in [2.75, 3.05) is 0 Å². The van der Waals surface area contributed by atoms with E-state index in [1.165, 1.54) is 11.1 Å². The van der Waals surface area contributed by atoms with Crippen LogP contribution in [-0.4, -0.2) is 22.8 Å². The molecule has 128 valence electrons. The van der Waals surface area contributed by atoms with Crippen molar-refractivity contribution in [1.82, 2.24) is 0 Å². The zero-order chi connectivity index (χ0) is 17.0. The summed E-state index contributed by atoms with van der Waals surface area (Å²) in [7, 11) is 0. The minimum absolute atomic E-state index is 0.108. The van der Waals surface area contributed by atoms with E-state index >= 15 is 0 Å². The highest BCUT2D eigenvalue weighted by Crippen LogP contribution is 2.36. The van der Waals surface area contributed by atoms with Gasteiger partial charge in [0.1, 0.15) is 6.10 Å². The second-order valence-electron chi connectivity index (χ2n) is 7.43. The van der Waals surface area contributed by atoms with Crippen molar-refractivity contribution in [3.63, 3.8) is 0 Å². The topological polar surface area (TPSA) is 46.5 Å². The van der Waals surface area contributed by atoms with E-state index in [2.05, 4.69) is 32.6 Å². The van der Waals surface area contributed by atoms with Gasteiger partial charge in [0.05, 0.1) is 5.60 Å². The number of carbonyl (C=O) groups excluding carboxylic acids is 1. The first kappa shape index (κ1) is 18.0. The van der Waals surface area contributed by atoms with E-state index in [1.807, 2.05) is 0 Å². The summed E-state index contributed by atoms with van der Waals surface area (Å²) in [6, 6.07) is 0. The van der Waals surface area contributed by atoms with E-state index in [1.54, 1.807) is 6.92 Å². The lowest BCUT2D eigenvalue weighted by Gasteiger charge is -2.38. The molecule has 0 aromatic carbocycles. The van der Waals surface area contributed by atoms with Crippen LogP contribution in [0, 0.1) is 5.92 Å². The Labute approximate surface area is 140 Å². The summed E-state index contributed by atoms with van der Waals surface area (Å²) in [6.07, 6.45) is 10.1. The first-order chi connectivity index (χ1) is 10.8. The Bertz CT molecular complexity index is 525. The third kappa shape index (κ3) is 4.81. The second kappa shape index (κ2) is 7.48. The molecule has 3 nitrogen and oxygen atoms in total. The summed E-state index contributed by atoms with van der Waals surface area (Å²) in [5.74, 6) is -0.233. The van der Waals surface area contributed by atoms with Gasteiger partial charge in [0.2, 0.25) is 0 Å². The third-order valence-electron chi connectivity index (χ3n) is 5.26. The van der Waals surface area contributed by atoms with Crippen molar-refractivity contribution in [2.24, 2.45) is 5.92 Å². The van der Waals surface area contributed by atoms with Crippen LogP contribution in [0.15, 0.2) is 35.5 Å². The molecule has 1 heterocycles. The molecule has 0 saturated carbocycles. The Morgan fingerprint density at radius 1 is 1.22 bits per heavy atom. The van der Waals surface area contributed by atoms with Crippen LogP contribution in [0.1, 0.15) is 65.7 Å². The fourth-order valence-electron chi connectivity index (χ4n) is 3.42. The number of fused-ring (bicyclic) bond motifs is 2. The number of ether oxygens (including phenoxy) is 1. The molecule has 1 N–H and O–H groups in total. The Hall–Kier alpha value is -1.35. The molecular weight excluding hydrogens is 288 g/mol. The Balaban J connectivity index is 2.21. The fourth-order valence-corrected chi connectivity index (χ4v) is 3.42. The molecule has 3 atom stereocenters. The first-order valence-electron chi connectivity index (χ1n) is 8.73. The molecule has 23 heavy (non-hydrogen) atoms. The molecule has 0 amide bonds. The summed E-state index contributed by atoms with van der Waals surface area (Å²) < 4.78 is 5.47. The van der Waals surface area contributed by atoms with Crippen molar-refractivity contribution in [1.29, 1.82) is 0 Å². The standard InChI is InChI=1S/C20H30O3/c1-14-7-5-8-15(2)10-11-17-13-18(23-19(21)16(17)3)20(4,22)12-6-9-14/h8-9,17-18,22H,3,5-7,10-13H2,1-2,4H3/b14-9+,15-8+. The van der Waals surface area contributed by atoms with Crippen molar-refractivity contribution in [3.05, 3.63) is 35.5 Å². The summed E-state index contributed by atoms with van der Waals surface area (Å²) in [4.78, 5) is 12.1. The van der Waals surface area contributed by atoms with E-state index in [0.29, 0.717) is 18.4 Å². The lowest BCUT2D eigenvalue weighted by atomic mass is 9.79. The monoisotopic (exact) mass is 318 g/mol. The van der Waals surface area contributed by atoms with Crippen LogP contribution in [0.2, 0.25) is 0 Å². The Morgan fingerprint density at radius 2 is 1.87 bits per heavy atom. The van der Waals surface area contributed by atoms with Crippen molar-refractivity contribution in [2.45, 2.75) is 77.4 Å². The van der Waals surface area contributed by atoms with Crippen molar-refractivity contribution in [3.8, 4) is 0 Å². The summed E-state index contributed by atoms with van der Waals surface area (Å²) in [5, 5.41) is 10.8. The van der Waals surface area contributed by atoms with Crippen LogP contribution in [0.25, 0.3) is 0 Å². The van der Waals surface area contributed by atoms with Gasteiger partial charge in [-0.15, -0.1) is 0 Å². The molecule has 0 aromatic rings. The highest BCUT2D eigenvalue weighted by molar-refractivity contribution is 5.89. The molecule has 2 aliphatic rings. The zero-order valence-corrected chi connectivity index (χ0v) is 14.7. The van der Waals surface area contributed by atoms with Gasteiger partial charge in [0, 0.05) is 5.57 Å². The van der Waals surface area contributed by atoms with E-state index in [4.69, 9.17) is 4.74 Å². The molecule has 0 spiro atoms. The van der Waals surface area contributed by atoms with Gasteiger partial charge >= 0.3 is 5.97 Å². The maximum Gasteiger partial charge on any atom is 0.334 e. The summed E-state index contributed by atoms with van der Waals surface area (Å²) in [5.41, 5.74) is 2.30. The molecule has 0 aromatic heterocycles. The summed E-state index contributed by atoms with van der Waals surface area (Å²) >= 11 is 0. The number of hydrogen-bond acceptors (Lipinski definition) is 3. The van der Waals surface area contributed by atoms with Crippen molar-refractivity contribution < 1.29 is 14.6 Å². The van der Waals surface area contributed by atoms with Gasteiger partial charge in [-0.1, -0.05) is 29.9 Å². The fraction of sp³-hybridized carbons (Fsp3) is 0.650. The van der Waals surface area contributed by atoms with Gasteiger partial charge in [-0.3, -0.25) is 0 Å². The Morgan fingerprint density at radius 3 is 2.61 bits per heavy atom. The lowest BCUT2D eigenvalue weighted by Crippen LogP contribution is -2.47. The number of hydrogen-bond donors (Lipinski definition) is 1. The third-order valence-corrected chi connectivity index (χ3v) is 5.26. The molecule has 2 rings (SSSR count). The maximum absolute atomic E-state index is 12.1. The molecule has 2 bridgehead atoms. The number of rotatable bonds is 0. The van der Waals surface area contributed by atoms with Crippen LogP contribution in [-0.2, 0) is 9.53 Å². The smallest absolute Gasteiger partial charge is 0.334 e. The van der Waals surface area contributed by atoms with Gasteiger partial charge in [0.15, 0.2) is 0 Å². The van der Waals surface area contributed by atoms with E-state index in [-0.39, 0.29) is 11.9 Å². The van der Waals surface area contributed by atoms with Crippen molar-refractivity contribution >= 4 is 5.97 Å². The van der Waals surface area contributed by atoms with Crippen LogP contribution >= 0.6 is 0 Å². The molecular formula is C20H30O3. The normalized spacial score (nSPS) is 38.6. The largest absolute Gasteiger partial charge is 0.456 e. The number of allylic oxidation sites excluding steroid dienone is 4. The van der Waals surface area contributed by atoms with Crippen LogP contribution in [0.4, 0.5) is 0 Å². The van der Waals surface area contributed by atoms with Crippen LogP contribution in [0.3, 0.4) is 0 Å². The number of carbonyl (C=O) groups is 1. The number of aliphatic hydroxyl groups is 1. The first-order valence-corrected chi connectivity index (χ1v) is 8.73. The molecule has 3 heteroatoms. The minimum atomic E-state index is -0.986. The average molecular weight is 318 g/mol. The molecule has 3 unspecified atom stereocenters. The van der Waals surface area contributed by atoms with Crippen LogP contribution < -0.4 is 0 Å². The SMILES string of the molecule is C=C1C(=O)OC2CC1CC/C(C)=C/CC/C(C)=C/CCC2(C)O. The Kier molecular flexibility index (Phi) is 5.85. The van der Waals surface area contributed by atoms with Gasteiger partial charge in [-0.05, 0) is 71.6 Å². The molecule has 1 aliphatic heterocycles. The maximum atomic E-state index is 12.1. The van der Waals surface area contributed by atoms with Gasteiger partial charge in [-0.2, -0.15) is 0 Å². The quantitative estimate of drug-likeness (QED) is 0.407. The van der Waals surface area contributed by atoms with Gasteiger partial charge < -0.3 is 9.84 Å². The number of esters is 1. The highest BCUT2D eigenvalue weighted by Gasteiger charge is 2.41. The summed E-state index contributed by atoms with van der Waals surface area (Å²) in [6.45, 7) is 10.0. The highest BCUT2D eigenvalue weighted by atomic mass is 16.6. The predicted molar refractivity (Wildman–Crippen MR) is 93.0 cm³/mol. The average Bonchev–Trinajstić information content (AvgIpc) is 2.47. The van der Waals surface area contributed by atoms with Gasteiger partial charge in [-0.25, -0.2) is 4.79 Å². The lowest BCUT2D eigenvalue weighted by molar-refractivity contribution is -0.168. The van der Waals surface area contributed by atoms with Crippen LogP contribution in [0.5, 0.6) is 0 Å². The predicted octanol–water partition coefficient (Wildman–Crippen LogP) is 4.47. The zero-order valence-electron chi connectivity index (χ0n) is 14.7. The minimum Gasteiger partial charge on any atom is -0.456 e. The molecule has 1 fully saturated rings. The molecule has 1 saturated heterocycles. The van der Waals surface area contributed by atoms with Gasteiger partial charge in [0.25, 0.3) is 0 Å². The van der Waals surface area contributed by atoms with E-state index in [0.717, 1.165) is 32.1 Å².